The van der Waals surface area contributed by atoms with Gasteiger partial charge in [0.05, 0.1) is 17.5 Å². The van der Waals surface area contributed by atoms with Crippen LogP contribution >= 0.6 is 0 Å². The molecule has 1 aromatic heterocycles. The SMILES string of the molecule is CC(C)(O)c1cccc(-c2cn(-c3cccc4c3CN(C3CCC(=O)NC3=O)C4=O)nn2)c1. The van der Waals surface area contributed by atoms with Crippen molar-refractivity contribution in [1.29, 1.82) is 0 Å². The number of hydrogen-bond donors (Lipinski definition) is 2. The third-order valence-electron chi connectivity index (χ3n) is 6.16. The van der Waals surface area contributed by atoms with E-state index in [2.05, 4.69) is 15.6 Å². The summed E-state index contributed by atoms with van der Waals surface area (Å²) in [6.45, 7) is 3.70. The fourth-order valence-corrected chi connectivity index (χ4v) is 4.36. The van der Waals surface area contributed by atoms with Crippen molar-refractivity contribution in [3.05, 3.63) is 65.4 Å². The molecular formula is C24H23N5O4. The molecule has 0 spiro atoms. The molecule has 0 radical (unpaired) electrons. The summed E-state index contributed by atoms with van der Waals surface area (Å²) in [5.74, 6) is -0.992. The smallest absolute Gasteiger partial charge is 0.255 e. The summed E-state index contributed by atoms with van der Waals surface area (Å²) < 4.78 is 1.62. The lowest BCUT2D eigenvalue weighted by Crippen LogP contribution is -2.52. The Kier molecular flexibility index (Phi) is 4.86. The number of carbonyl (C=O) groups excluding carboxylic acids is 3. The van der Waals surface area contributed by atoms with Crippen molar-refractivity contribution >= 4 is 17.7 Å². The second kappa shape index (κ2) is 7.63. The second-order valence-corrected chi connectivity index (χ2v) is 8.89. The summed E-state index contributed by atoms with van der Waals surface area (Å²) in [5.41, 5.74) is 3.20. The Hall–Kier alpha value is -3.85. The number of hydrogen-bond acceptors (Lipinski definition) is 6. The number of aliphatic hydroxyl groups is 1. The van der Waals surface area contributed by atoms with E-state index in [9.17, 15) is 19.5 Å². The number of amides is 3. The van der Waals surface area contributed by atoms with Gasteiger partial charge in [-0.15, -0.1) is 5.10 Å². The van der Waals surface area contributed by atoms with E-state index in [1.54, 1.807) is 36.9 Å². The van der Waals surface area contributed by atoms with E-state index in [-0.39, 0.29) is 24.8 Å². The van der Waals surface area contributed by atoms with Gasteiger partial charge >= 0.3 is 0 Å². The van der Waals surface area contributed by atoms with Gasteiger partial charge in [-0.1, -0.05) is 29.5 Å². The predicted molar refractivity (Wildman–Crippen MR) is 118 cm³/mol. The van der Waals surface area contributed by atoms with Crippen molar-refractivity contribution in [3.63, 3.8) is 0 Å². The van der Waals surface area contributed by atoms with Gasteiger partial charge in [-0.25, -0.2) is 4.68 Å². The van der Waals surface area contributed by atoms with Crippen LogP contribution in [0.2, 0.25) is 0 Å². The largest absolute Gasteiger partial charge is 0.386 e. The number of aromatic nitrogens is 3. The summed E-state index contributed by atoms with van der Waals surface area (Å²) >= 11 is 0. The van der Waals surface area contributed by atoms with Crippen LogP contribution in [0, 0.1) is 0 Å². The van der Waals surface area contributed by atoms with Gasteiger partial charge < -0.3 is 10.0 Å². The first kappa shape index (κ1) is 21.0. The van der Waals surface area contributed by atoms with Crippen molar-refractivity contribution in [2.45, 2.75) is 44.9 Å². The quantitative estimate of drug-likeness (QED) is 0.593. The molecule has 9 nitrogen and oxygen atoms in total. The molecule has 3 amide bonds. The Balaban J connectivity index is 1.46. The van der Waals surface area contributed by atoms with Gasteiger partial charge in [0.15, 0.2) is 0 Å². The third kappa shape index (κ3) is 3.70. The first-order chi connectivity index (χ1) is 15.7. The number of fused-ring (bicyclic) bond motifs is 1. The van der Waals surface area contributed by atoms with Crippen LogP contribution < -0.4 is 5.32 Å². The number of nitrogens with zero attached hydrogens (tertiary/aromatic N) is 4. The molecule has 5 rings (SSSR count). The van der Waals surface area contributed by atoms with E-state index in [1.807, 2.05) is 30.3 Å². The molecule has 2 aliphatic heterocycles. The number of benzene rings is 2. The van der Waals surface area contributed by atoms with Crippen LogP contribution in [-0.4, -0.2) is 48.8 Å². The molecule has 3 heterocycles. The highest BCUT2D eigenvalue weighted by molar-refractivity contribution is 6.05. The number of rotatable bonds is 4. The maximum absolute atomic E-state index is 13.1. The molecule has 33 heavy (non-hydrogen) atoms. The normalized spacial score (nSPS) is 18.5. The lowest BCUT2D eigenvalue weighted by Gasteiger charge is -2.29. The molecule has 0 saturated carbocycles. The minimum atomic E-state index is -0.980. The maximum atomic E-state index is 13.1. The van der Waals surface area contributed by atoms with Crippen LogP contribution in [-0.2, 0) is 21.7 Å². The van der Waals surface area contributed by atoms with Crippen LogP contribution in [0.1, 0.15) is 48.2 Å². The van der Waals surface area contributed by atoms with Gasteiger partial charge in [0.1, 0.15) is 11.7 Å². The van der Waals surface area contributed by atoms with Gasteiger partial charge in [0.25, 0.3) is 5.91 Å². The average Bonchev–Trinajstić information content (AvgIpc) is 3.39. The summed E-state index contributed by atoms with van der Waals surface area (Å²) in [6, 6.07) is 12.2. The predicted octanol–water partition coefficient (Wildman–Crippen LogP) is 1.92. The maximum Gasteiger partial charge on any atom is 0.255 e. The Morgan fingerprint density at radius 2 is 1.91 bits per heavy atom. The first-order valence-electron chi connectivity index (χ1n) is 10.7. The highest BCUT2D eigenvalue weighted by atomic mass is 16.3. The fourth-order valence-electron chi connectivity index (χ4n) is 4.36. The van der Waals surface area contributed by atoms with E-state index in [0.717, 1.165) is 16.7 Å². The van der Waals surface area contributed by atoms with E-state index >= 15 is 0 Å². The lowest BCUT2D eigenvalue weighted by atomic mass is 9.96. The highest BCUT2D eigenvalue weighted by Crippen LogP contribution is 2.32. The Labute approximate surface area is 190 Å². The van der Waals surface area contributed by atoms with Crippen molar-refractivity contribution in [2.24, 2.45) is 0 Å². The van der Waals surface area contributed by atoms with E-state index in [0.29, 0.717) is 23.4 Å². The van der Waals surface area contributed by atoms with Crippen molar-refractivity contribution in [2.75, 3.05) is 0 Å². The lowest BCUT2D eigenvalue weighted by molar-refractivity contribution is -0.136. The second-order valence-electron chi connectivity index (χ2n) is 8.89. The zero-order chi connectivity index (χ0) is 23.3. The summed E-state index contributed by atoms with van der Waals surface area (Å²) in [4.78, 5) is 38.4. The number of piperidine rings is 1. The molecule has 2 aliphatic rings. The van der Waals surface area contributed by atoms with Gasteiger partial charge in [0.2, 0.25) is 11.8 Å². The minimum absolute atomic E-state index is 0.208. The molecule has 0 aliphatic carbocycles. The molecule has 3 aromatic rings. The van der Waals surface area contributed by atoms with Crippen LogP contribution in [0.15, 0.2) is 48.7 Å². The number of nitrogens with one attached hydrogen (secondary N) is 1. The monoisotopic (exact) mass is 445 g/mol. The Morgan fingerprint density at radius 3 is 2.67 bits per heavy atom. The van der Waals surface area contributed by atoms with Gasteiger partial charge in [-0.3, -0.25) is 19.7 Å². The molecule has 2 aromatic carbocycles. The van der Waals surface area contributed by atoms with E-state index in [1.165, 1.54) is 4.90 Å². The molecule has 1 atom stereocenters. The molecule has 168 valence electrons. The molecule has 1 saturated heterocycles. The van der Waals surface area contributed by atoms with E-state index in [4.69, 9.17) is 0 Å². The fraction of sp³-hybridized carbons (Fsp3) is 0.292. The van der Waals surface area contributed by atoms with Gasteiger partial charge in [-0.2, -0.15) is 0 Å². The first-order valence-corrected chi connectivity index (χ1v) is 10.7. The van der Waals surface area contributed by atoms with Crippen molar-refractivity contribution in [1.82, 2.24) is 25.2 Å². The summed E-state index contributed by atoms with van der Waals surface area (Å²) in [7, 11) is 0. The zero-order valence-electron chi connectivity index (χ0n) is 18.3. The van der Waals surface area contributed by atoms with Crippen LogP contribution in [0.5, 0.6) is 0 Å². The van der Waals surface area contributed by atoms with Crippen LogP contribution in [0.4, 0.5) is 0 Å². The van der Waals surface area contributed by atoms with Gasteiger partial charge in [0, 0.05) is 29.7 Å². The zero-order valence-corrected chi connectivity index (χ0v) is 18.3. The van der Waals surface area contributed by atoms with Crippen molar-refractivity contribution < 1.29 is 19.5 Å². The molecule has 9 heteroatoms. The topological polar surface area (TPSA) is 117 Å². The van der Waals surface area contributed by atoms with Crippen LogP contribution in [0.3, 0.4) is 0 Å². The third-order valence-corrected chi connectivity index (χ3v) is 6.16. The molecular weight excluding hydrogens is 422 g/mol. The number of imide groups is 1. The Bertz CT molecular complexity index is 1290. The summed E-state index contributed by atoms with van der Waals surface area (Å²) in [6.07, 6.45) is 2.29. The van der Waals surface area contributed by atoms with Gasteiger partial charge in [-0.05, 0) is 44.0 Å². The van der Waals surface area contributed by atoms with Crippen molar-refractivity contribution in [3.8, 4) is 16.9 Å². The molecule has 1 fully saturated rings. The highest BCUT2D eigenvalue weighted by Gasteiger charge is 2.40. The molecule has 1 unspecified atom stereocenters. The molecule has 0 bridgehead atoms. The molecule has 2 N–H and O–H groups in total. The number of carbonyl (C=O) groups is 3. The summed E-state index contributed by atoms with van der Waals surface area (Å²) in [5, 5.41) is 21.2. The van der Waals surface area contributed by atoms with Crippen LogP contribution in [0.25, 0.3) is 16.9 Å². The average molecular weight is 445 g/mol. The van der Waals surface area contributed by atoms with E-state index < -0.39 is 17.6 Å². The standard InChI is InChI=1S/C24H23N5O4/c1-24(2,33)15-6-3-5-14(11-15)18-13-29(27-26-18)19-8-4-7-16-17(19)12-28(23(16)32)20-9-10-21(30)25-22(20)31/h3-8,11,13,20,33H,9-10,12H2,1-2H3,(H,25,30,31). The Morgan fingerprint density at radius 1 is 1.12 bits per heavy atom. The minimum Gasteiger partial charge on any atom is -0.386 e.